The van der Waals surface area contributed by atoms with Crippen LogP contribution in [0.25, 0.3) is 27.3 Å². The summed E-state index contributed by atoms with van der Waals surface area (Å²) in [7, 11) is 0. The average molecular weight is 252 g/mol. The van der Waals surface area contributed by atoms with Gasteiger partial charge in [0.05, 0.1) is 5.52 Å². The third-order valence-electron chi connectivity index (χ3n) is 3.21. The predicted molar refractivity (Wildman–Crippen MR) is 69.1 cm³/mol. The lowest BCUT2D eigenvalue weighted by Gasteiger charge is -2.06. The number of fused-ring (bicyclic) bond motifs is 6. The molecule has 4 rings (SSSR count). The predicted octanol–water partition coefficient (Wildman–Crippen LogP) is 1.84. The van der Waals surface area contributed by atoms with Gasteiger partial charge in [-0.2, -0.15) is 4.52 Å². The average Bonchev–Trinajstić information content (AvgIpc) is 2.88. The van der Waals surface area contributed by atoms with Gasteiger partial charge in [0, 0.05) is 16.8 Å². The maximum absolute atomic E-state index is 9.63. The lowest BCUT2D eigenvalue weighted by atomic mass is 10.1. The molecule has 4 aromatic rings. The molecule has 0 saturated carbocycles. The van der Waals surface area contributed by atoms with Crippen molar-refractivity contribution < 1.29 is 10.2 Å². The van der Waals surface area contributed by atoms with Crippen molar-refractivity contribution in [3.8, 4) is 11.5 Å². The number of benzene rings is 2. The number of phenols is 2. The molecule has 0 aliphatic rings. The van der Waals surface area contributed by atoms with Crippen LogP contribution in [0.2, 0.25) is 0 Å². The van der Waals surface area contributed by atoms with Crippen LogP contribution < -0.4 is 0 Å². The fourth-order valence-corrected chi connectivity index (χ4v) is 2.39. The number of tetrazole rings is 1. The van der Waals surface area contributed by atoms with Crippen molar-refractivity contribution in [2.45, 2.75) is 0 Å². The summed E-state index contributed by atoms with van der Waals surface area (Å²) in [6, 6.07) is 10.1. The van der Waals surface area contributed by atoms with Crippen LogP contribution in [0.5, 0.6) is 11.5 Å². The van der Waals surface area contributed by atoms with E-state index in [9.17, 15) is 10.2 Å². The smallest absolute Gasteiger partial charge is 0.187 e. The van der Waals surface area contributed by atoms with Crippen LogP contribution in [-0.2, 0) is 0 Å². The molecule has 0 amide bonds. The Hall–Kier alpha value is -2.89. The number of phenolic OH excluding ortho intramolecular Hbond substituents is 2. The van der Waals surface area contributed by atoms with Gasteiger partial charge >= 0.3 is 0 Å². The molecule has 0 radical (unpaired) electrons. The lowest BCUT2D eigenvalue weighted by Crippen LogP contribution is -1.93. The number of pyridine rings is 1. The zero-order valence-corrected chi connectivity index (χ0v) is 9.65. The Bertz CT molecular complexity index is 870. The molecule has 0 fully saturated rings. The van der Waals surface area contributed by atoms with Crippen LogP contribution in [0.15, 0.2) is 36.4 Å². The first-order valence-electron chi connectivity index (χ1n) is 5.69. The van der Waals surface area contributed by atoms with Gasteiger partial charge < -0.3 is 10.2 Å². The molecule has 0 unspecified atom stereocenters. The highest BCUT2D eigenvalue weighted by atomic mass is 16.3. The second-order valence-electron chi connectivity index (χ2n) is 4.35. The van der Waals surface area contributed by atoms with E-state index in [4.69, 9.17) is 0 Å². The van der Waals surface area contributed by atoms with Crippen LogP contribution >= 0.6 is 0 Å². The van der Waals surface area contributed by atoms with Gasteiger partial charge in [0.2, 0.25) is 0 Å². The van der Waals surface area contributed by atoms with E-state index in [1.807, 2.05) is 12.1 Å². The topological polar surface area (TPSA) is 83.5 Å². The Morgan fingerprint density at radius 2 is 1.58 bits per heavy atom. The van der Waals surface area contributed by atoms with Crippen molar-refractivity contribution in [3.05, 3.63) is 36.4 Å². The fraction of sp³-hybridized carbons (Fsp3) is 0. The minimum absolute atomic E-state index is 0.155. The molecule has 6 heteroatoms. The van der Waals surface area contributed by atoms with Crippen LogP contribution in [0, 0.1) is 0 Å². The molecule has 0 atom stereocenters. The molecule has 0 aliphatic carbocycles. The lowest BCUT2D eigenvalue weighted by molar-refractivity contribution is 0.475. The van der Waals surface area contributed by atoms with Crippen LogP contribution in [0.3, 0.4) is 0 Å². The van der Waals surface area contributed by atoms with Crippen molar-refractivity contribution in [1.29, 1.82) is 0 Å². The minimum Gasteiger partial charge on any atom is -0.508 e. The molecule has 2 N–H and O–H groups in total. The van der Waals surface area contributed by atoms with Crippen molar-refractivity contribution in [2.75, 3.05) is 0 Å². The first-order chi connectivity index (χ1) is 9.24. The molecule has 19 heavy (non-hydrogen) atoms. The van der Waals surface area contributed by atoms with Crippen molar-refractivity contribution >= 4 is 27.3 Å². The van der Waals surface area contributed by atoms with E-state index in [1.165, 1.54) is 0 Å². The first-order valence-corrected chi connectivity index (χ1v) is 5.69. The van der Waals surface area contributed by atoms with Gasteiger partial charge in [0.1, 0.15) is 11.5 Å². The Kier molecular flexibility index (Phi) is 1.76. The molecule has 6 nitrogen and oxygen atoms in total. The number of nitrogens with zero attached hydrogens (tertiary/aromatic N) is 4. The largest absolute Gasteiger partial charge is 0.508 e. The molecular formula is C13H8N4O2. The third kappa shape index (κ3) is 1.28. The number of hydrogen-bond acceptors (Lipinski definition) is 5. The van der Waals surface area contributed by atoms with E-state index >= 15 is 0 Å². The van der Waals surface area contributed by atoms with Crippen LogP contribution in [0.1, 0.15) is 0 Å². The quantitative estimate of drug-likeness (QED) is 0.466. The Balaban J connectivity index is 2.40. The van der Waals surface area contributed by atoms with Gasteiger partial charge in [-0.3, -0.25) is 0 Å². The summed E-state index contributed by atoms with van der Waals surface area (Å²) in [5.74, 6) is 0.318. The summed E-state index contributed by atoms with van der Waals surface area (Å²) in [5.41, 5.74) is 1.27. The number of aromatic hydroxyl groups is 2. The molecular weight excluding hydrogens is 244 g/mol. The van der Waals surface area contributed by atoms with E-state index in [2.05, 4.69) is 15.5 Å². The van der Waals surface area contributed by atoms with E-state index in [1.54, 1.807) is 28.8 Å². The van der Waals surface area contributed by atoms with Crippen molar-refractivity contribution in [3.63, 3.8) is 0 Å². The molecule has 0 aliphatic heterocycles. The summed E-state index contributed by atoms with van der Waals surface area (Å²) >= 11 is 0. The zero-order chi connectivity index (χ0) is 13.0. The van der Waals surface area contributed by atoms with Gasteiger partial charge in [-0.15, -0.1) is 5.10 Å². The molecule has 0 bridgehead atoms. The van der Waals surface area contributed by atoms with Gasteiger partial charge in [0.15, 0.2) is 5.65 Å². The summed E-state index contributed by atoms with van der Waals surface area (Å²) in [4.78, 5) is 0. The second-order valence-corrected chi connectivity index (χ2v) is 4.35. The molecule has 2 heterocycles. The maximum atomic E-state index is 9.63. The van der Waals surface area contributed by atoms with Crippen molar-refractivity contribution in [1.82, 2.24) is 20.0 Å². The van der Waals surface area contributed by atoms with E-state index in [-0.39, 0.29) is 11.5 Å². The van der Waals surface area contributed by atoms with Gasteiger partial charge in [-0.1, -0.05) is 0 Å². The number of rotatable bonds is 0. The van der Waals surface area contributed by atoms with Crippen LogP contribution in [0.4, 0.5) is 0 Å². The number of hydrogen-bond donors (Lipinski definition) is 2. The van der Waals surface area contributed by atoms with Gasteiger partial charge in [0.25, 0.3) is 0 Å². The van der Waals surface area contributed by atoms with Gasteiger partial charge in [-0.25, -0.2) is 0 Å². The highest BCUT2D eigenvalue weighted by molar-refractivity contribution is 6.11. The normalized spacial score (nSPS) is 11.6. The highest BCUT2D eigenvalue weighted by Crippen LogP contribution is 2.31. The van der Waals surface area contributed by atoms with E-state index < -0.39 is 0 Å². The molecule has 0 saturated heterocycles. The summed E-state index contributed by atoms with van der Waals surface area (Å²) in [5, 5.41) is 33.4. The fourth-order valence-electron chi connectivity index (χ4n) is 2.39. The zero-order valence-electron chi connectivity index (χ0n) is 9.65. The Morgan fingerprint density at radius 1 is 0.842 bits per heavy atom. The van der Waals surface area contributed by atoms with E-state index in [0.29, 0.717) is 5.65 Å². The minimum atomic E-state index is 0.155. The molecule has 92 valence electrons. The Morgan fingerprint density at radius 3 is 2.42 bits per heavy atom. The maximum Gasteiger partial charge on any atom is 0.187 e. The second kappa shape index (κ2) is 3.32. The van der Waals surface area contributed by atoms with E-state index in [0.717, 1.165) is 21.7 Å². The summed E-state index contributed by atoms with van der Waals surface area (Å²) in [6.45, 7) is 0. The van der Waals surface area contributed by atoms with Crippen LogP contribution in [-0.4, -0.2) is 30.3 Å². The highest BCUT2D eigenvalue weighted by Gasteiger charge is 2.12. The standard InChI is InChI=1S/C13H8N4O2/c18-7-1-3-9-10-4-2-8(19)6-12(10)17-13(11(9)5-7)14-15-16-17/h1-6,18-19H. The molecule has 2 aromatic heterocycles. The summed E-state index contributed by atoms with van der Waals surface area (Å²) in [6.07, 6.45) is 0. The van der Waals surface area contributed by atoms with Crippen molar-refractivity contribution in [2.24, 2.45) is 0 Å². The number of aromatic nitrogens is 4. The third-order valence-corrected chi connectivity index (χ3v) is 3.21. The SMILES string of the molecule is Oc1ccc2c3ccc(O)cc3n3nnnc3c2c1. The summed E-state index contributed by atoms with van der Waals surface area (Å²) < 4.78 is 1.55. The first kappa shape index (κ1) is 10.1. The Labute approximate surface area is 106 Å². The molecule has 2 aromatic carbocycles. The van der Waals surface area contributed by atoms with Gasteiger partial charge in [-0.05, 0) is 46.1 Å². The monoisotopic (exact) mass is 252 g/mol. The molecule has 0 spiro atoms.